The van der Waals surface area contributed by atoms with E-state index in [2.05, 4.69) is 108 Å². The smallest absolute Gasteiger partial charge is 0.0936 e. The lowest BCUT2D eigenvalue weighted by Crippen LogP contribution is -2.13. The summed E-state index contributed by atoms with van der Waals surface area (Å²) in [5, 5.41) is 7.47. The van der Waals surface area contributed by atoms with Crippen molar-refractivity contribution in [2.75, 3.05) is 5.32 Å². The number of nitrogens with zero attached hydrogens (tertiary/aromatic N) is 1. The van der Waals surface area contributed by atoms with Gasteiger partial charge in [-0.1, -0.05) is 91.0 Å². The number of para-hydroxylation sites is 1. The van der Waals surface area contributed by atoms with Crippen LogP contribution < -0.4 is 5.32 Å². The Morgan fingerprint density at radius 2 is 1.38 bits per heavy atom. The summed E-state index contributed by atoms with van der Waals surface area (Å²) in [6, 6.07) is 36.3. The topological polar surface area (TPSA) is 24.9 Å². The second kappa shape index (κ2) is 7.40. The van der Waals surface area contributed by atoms with Crippen LogP contribution in [-0.2, 0) is 0 Å². The van der Waals surface area contributed by atoms with Gasteiger partial charge >= 0.3 is 0 Å². The van der Waals surface area contributed by atoms with Crippen LogP contribution in [0.1, 0.15) is 22.9 Å². The molecule has 0 fully saturated rings. The molecule has 0 spiro atoms. The second-order valence-electron chi connectivity index (χ2n) is 7.39. The fraction of sp³-hybridized carbons (Fsp3) is 0.0741. The predicted octanol–water partition coefficient (Wildman–Crippen LogP) is 6.90. The van der Waals surface area contributed by atoms with Gasteiger partial charge in [-0.25, -0.2) is 0 Å². The average Bonchev–Trinajstić information content (AvgIpc) is 2.78. The van der Waals surface area contributed by atoms with Crippen molar-refractivity contribution in [1.29, 1.82) is 0 Å². The minimum atomic E-state index is 0.0233. The third-order valence-electron chi connectivity index (χ3n) is 5.43. The van der Waals surface area contributed by atoms with Crippen LogP contribution in [0.15, 0.2) is 103 Å². The third-order valence-corrected chi connectivity index (χ3v) is 5.43. The molecule has 1 heterocycles. The Hall–Kier alpha value is -3.65. The van der Waals surface area contributed by atoms with Crippen LogP contribution in [0.3, 0.4) is 0 Å². The normalized spacial score (nSPS) is 12.2. The monoisotopic (exact) mass is 374 g/mol. The molecule has 0 aliphatic carbocycles. The molecule has 5 rings (SSSR count). The summed E-state index contributed by atoms with van der Waals surface area (Å²) in [7, 11) is 0. The quantitative estimate of drug-likeness (QED) is 0.370. The van der Waals surface area contributed by atoms with Gasteiger partial charge in [0.05, 0.1) is 17.2 Å². The van der Waals surface area contributed by atoms with Gasteiger partial charge in [-0.15, -0.1) is 0 Å². The van der Waals surface area contributed by atoms with Gasteiger partial charge in [0.2, 0.25) is 0 Å². The summed E-state index contributed by atoms with van der Waals surface area (Å²) in [4.78, 5) is 4.82. The number of rotatable bonds is 4. The molecular weight excluding hydrogens is 352 g/mol. The van der Waals surface area contributed by atoms with Crippen LogP contribution in [0.2, 0.25) is 0 Å². The standard InChI is InChI=1S/C27H22N2/c1-19-17-18-22-13-8-16-25(27(22)28-19)29-26(21-10-3-2-4-11-21)24-15-7-12-20-9-5-6-14-23(20)24/h2-18,26,29H,1H3. The number of pyridine rings is 1. The van der Waals surface area contributed by atoms with Crippen LogP contribution in [0.5, 0.6) is 0 Å². The van der Waals surface area contributed by atoms with Crippen molar-refractivity contribution in [3.8, 4) is 0 Å². The van der Waals surface area contributed by atoms with Crippen molar-refractivity contribution >= 4 is 27.4 Å². The zero-order valence-electron chi connectivity index (χ0n) is 16.3. The third kappa shape index (κ3) is 3.34. The Balaban J connectivity index is 1.70. The van der Waals surface area contributed by atoms with Gasteiger partial charge in [-0.2, -0.15) is 0 Å². The molecule has 1 aromatic heterocycles. The fourth-order valence-corrected chi connectivity index (χ4v) is 4.00. The number of aromatic nitrogens is 1. The van der Waals surface area contributed by atoms with Crippen LogP contribution in [0.25, 0.3) is 21.7 Å². The SMILES string of the molecule is Cc1ccc2cccc(NC(c3ccccc3)c3cccc4ccccc34)c2n1. The van der Waals surface area contributed by atoms with Crippen molar-refractivity contribution < 1.29 is 0 Å². The molecule has 1 atom stereocenters. The van der Waals surface area contributed by atoms with Crippen molar-refractivity contribution in [2.24, 2.45) is 0 Å². The van der Waals surface area contributed by atoms with Gasteiger partial charge in [0.1, 0.15) is 0 Å². The molecule has 5 aromatic rings. The summed E-state index contributed by atoms with van der Waals surface area (Å²) in [5.74, 6) is 0. The van der Waals surface area contributed by atoms with Gasteiger partial charge in [-0.3, -0.25) is 4.98 Å². The van der Waals surface area contributed by atoms with Crippen LogP contribution in [0, 0.1) is 6.92 Å². The molecule has 2 heteroatoms. The fourth-order valence-electron chi connectivity index (χ4n) is 4.00. The first-order chi connectivity index (χ1) is 14.3. The molecule has 140 valence electrons. The Bertz CT molecular complexity index is 1290. The van der Waals surface area contributed by atoms with E-state index in [1.165, 1.54) is 21.9 Å². The molecule has 0 aliphatic rings. The molecule has 0 bridgehead atoms. The molecule has 2 nitrogen and oxygen atoms in total. The molecule has 4 aromatic carbocycles. The number of fused-ring (bicyclic) bond motifs is 2. The zero-order chi connectivity index (χ0) is 19.6. The second-order valence-corrected chi connectivity index (χ2v) is 7.39. The van der Waals surface area contributed by atoms with E-state index in [-0.39, 0.29) is 6.04 Å². The lowest BCUT2D eigenvalue weighted by atomic mass is 9.93. The summed E-state index contributed by atoms with van der Waals surface area (Å²) < 4.78 is 0. The van der Waals surface area contributed by atoms with Crippen molar-refractivity contribution in [2.45, 2.75) is 13.0 Å². The van der Waals surface area contributed by atoms with Crippen molar-refractivity contribution in [3.05, 3.63) is 120 Å². The van der Waals surface area contributed by atoms with Crippen molar-refractivity contribution in [3.63, 3.8) is 0 Å². The number of benzene rings is 4. The Morgan fingerprint density at radius 3 is 2.28 bits per heavy atom. The van der Waals surface area contributed by atoms with Gasteiger partial charge < -0.3 is 5.32 Å². The highest BCUT2D eigenvalue weighted by Crippen LogP contribution is 2.33. The van der Waals surface area contributed by atoms with E-state index < -0.39 is 0 Å². The van der Waals surface area contributed by atoms with Gasteiger partial charge in [0.25, 0.3) is 0 Å². The van der Waals surface area contributed by atoms with Crippen LogP contribution in [-0.4, -0.2) is 4.98 Å². The number of anilines is 1. The highest BCUT2D eigenvalue weighted by Gasteiger charge is 2.18. The molecule has 0 saturated carbocycles. The number of hydrogen-bond acceptors (Lipinski definition) is 2. The lowest BCUT2D eigenvalue weighted by molar-refractivity contribution is 0.951. The highest BCUT2D eigenvalue weighted by atomic mass is 14.9. The number of nitrogens with one attached hydrogen (secondary N) is 1. The van der Waals surface area contributed by atoms with E-state index in [9.17, 15) is 0 Å². The minimum absolute atomic E-state index is 0.0233. The highest BCUT2D eigenvalue weighted by molar-refractivity contribution is 5.92. The summed E-state index contributed by atoms with van der Waals surface area (Å²) in [5.41, 5.74) is 5.57. The molecule has 29 heavy (non-hydrogen) atoms. The first-order valence-corrected chi connectivity index (χ1v) is 9.95. The maximum Gasteiger partial charge on any atom is 0.0936 e. The largest absolute Gasteiger partial charge is 0.372 e. The molecule has 0 saturated heterocycles. The van der Waals surface area contributed by atoms with Gasteiger partial charge in [0.15, 0.2) is 0 Å². The lowest BCUT2D eigenvalue weighted by Gasteiger charge is -2.23. The molecule has 1 unspecified atom stereocenters. The first kappa shape index (κ1) is 17.4. The average molecular weight is 374 g/mol. The van der Waals surface area contributed by atoms with E-state index in [1.54, 1.807) is 0 Å². The Labute approximate surface area is 170 Å². The molecule has 0 aliphatic heterocycles. The molecule has 0 amide bonds. The molecular formula is C27H22N2. The van der Waals surface area contributed by atoms with Gasteiger partial charge in [0, 0.05) is 11.1 Å². The summed E-state index contributed by atoms with van der Waals surface area (Å²) in [6.07, 6.45) is 0. The van der Waals surface area contributed by atoms with E-state index >= 15 is 0 Å². The summed E-state index contributed by atoms with van der Waals surface area (Å²) in [6.45, 7) is 2.04. The van der Waals surface area contributed by atoms with E-state index in [0.29, 0.717) is 0 Å². The van der Waals surface area contributed by atoms with Gasteiger partial charge in [-0.05, 0) is 41.0 Å². The minimum Gasteiger partial charge on any atom is -0.372 e. The zero-order valence-corrected chi connectivity index (χ0v) is 16.3. The maximum absolute atomic E-state index is 4.82. The van der Waals surface area contributed by atoms with E-state index in [1.807, 2.05) is 6.92 Å². The van der Waals surface area contributed by atoms with E-state index in [0.717, 1.165) is 22.3 Å². The summed E-state index contributed by atoms with van der Waals surface area (Å²) >= 11 is 0. The number of hydrogen-bond donors (Lipinski definition) is 1. The number of aryl methyl sites for hydroxylation is 1. The first-order valence-electron chi connectivity index (χ1n) is 9.95. The molecule has 1 N–H and O–H groups in total. The maximum atomic E-state index is 4.82. The predicted molar refractivity (Wildman–Crippen MR) is 122 cm³/mol. The molecule has 0 radical (unpaired) electrons. The Morgan fingerprint density at radius 1 is 0.655 bits per heavy atom. The Kier molecular flexibility index (Phi) is 4.45. The van der Waals surface area contributed by atoms with Crippen LogP contribution in [0.4, 0.5) is 5.69 Å². The van der Waals surface area contributed by atoms with Crippen molar-refractivity contribution in [1.82, 2.24) is 4.98 Å². The van der Waals surface area contributed by atoms with E-state index in [4.69, 9.17) is 4.98 Å². The van der Waals surface area contributed by atoms with Crippen LogP contribution >= 0.6 is 0 Å².